The van der Waals surface area contributed by atoms with Crippen molar-refractivity contribution in [2.45, 2.75) is 90.0 Å². The summed E-state index contributed by atoms with van der Waals surface area (Å²) in [5.41, 5.74) is 7.76. The van der Waals surface area contributed by atoms with Crippen LogP contribution in [0.25, 0.3) is 11.1 Å². The van der Waals surface area contributed by atoms with Gasteiger partial charge in [-0.25, -0.2) is 0 Å². The van der Waals surface area contributed by atoms with Gasteiger partial charge in [-0.2, -0.15) is 15.3 Å². The summed E-state index contributed by atoms with van der Waals surface area (Å²) in [5, 5.41) is 18.1. The maximum Gasteiger partial charge on any atom is 0.186 e. The van der Waals surface area contributed by atoms with Gasteiger partial charge in [0.25, 0.3) is 0 Å². The molecule has 6 nitrogen and oxygen atoms in total. The highest BCUT2D eigenvalue weighted by atomic mass is 35.5. The van der Waals surface area contributed by atoms with Crippen molar-refractivity contribution in [3.8, 4) is 11.1 Å². The number of aryl methyl sites for hydroxylation is 1. The quantitative estimate of drug-likeness (QED) is 0.292. The van der Waals surface area contributed by atoms with Crippen molar-refractivity contribution in [2.75, 3.05) is 0 Å². The molecule has 7 heteroatoms. The Morgan fingerprint density at radius 1 is 0.520 bits per heavy atom. The average molecular weight is 691 g/mol. The zero-order valence-corrected chi connectivity index (χ0v) is 32.7. The molecule has 0 radical (unpaired) electrons. The number of rotatable bonds is 5. The number of carbonyl (C=O) groups excluding carboxylic acids is 2. The summed E-state index contributed by atoms with van der Waals surface area (Å²) in [6.45, 7) is 26.6. The van der Waals surface area contributed by atoms with E-state index in [2.05, 4.69) is 68.1 Å². The fraction of sp³-hybridized carbons (Fsp3) is 0.395. The number of allylic oxidation sites excluding steroid dienone is 10. The van der Waals surface area contributed by atoms with Crippen LogP contribution in [0.5, 0.6) is 0 Å². The van der Waals surface area contributed by atoms with E-state index in [4.69, 9.17) is 11.6 Å². The second-order valence-electron chi connectivity index (χ2n) is 17.2. The van der Waals surface area contributed by atoms with E-state index in [-0.39, 0.29) is 33.2 Å². The molecule has 0 spiro atoms. The van der Waals surface area contributed by atoms with E-state index in [0.29, 0.717) is 10.7 Å². The molecule has 50 heavy (non-hydrogen) atoms. The summed E-state index contributed by atoms with van der Waals surface area (Å²) >= 11 is 6.67. The fourth-order valence-electron chi connectivity index (χ4n) is 5.71. The summed E-state index contributed by atoms with van der Waals surface area (Å²) in [7, 11) is 0. The summed E-state index contributed by atoms with van der Waals surface area (Å²) in [5.74, 6) is 0.176. The predicted octanol–water partition coefficient (Wildman–Crippen LogP) is 13.3. The Kier molecular flexibility index (Phi) is 10.9. The highest BCUT2D eigenvalue weighted by Gasteiger charge is 2.35. The van der Waals surface area contributed by atoms with Crippen LogP contribution in [0.15, 0.2) is 127 Å². The Morgan fingerprint density at radius 3 is 1.20 bits per heavy atom. The van der Waals surface area contributed by atoms with Gasteiger partial charge >= 0.3 is 0 Å². The molecule has 0 fully saturated rings. The number of Topliss-reactive ketones (excluding diaryl/α,β-unsaturated/α-hetero) is 2. The van der Waals surface area contributed by atoms with E-state index in [1.165, 1.54) is 0 Å². The zero-order valence-electron chi connectivity index (χ0n) is 31.9. The van der Waals surface area contributed by atoms with Gasteiger partial charge in [0.15, 0.2) is 11.6 Å². The number of halogens is 1. The second kappa shape index (κ2) is 14.1. The van der Waals surface area contributed by atoms with E-state index >= 15 is 0 Å². The lowest BCUT2D eigenvalue weighted by atomic mass is 9.72. The molecule has 262 valence electrons. The molecule has 4 rings (SSSR count). The Bertz CT molecular complexity index is 1750. The van der Waals surface area contributed by atoms with Gasteiger partial charge in [0, 0.05) is 22.3 Å². The van der Waals surface area contributed by atoms with Gasteiger partial charge < -0.3 is 0 Å². The largest absolute Gasteiger partial charge is 0.289 e. The van der Waals surface area contributed by atoms with Gasteiger partial charge in [-0.15, -0.1) is 5.11 Å². The molecule has 0 aromatic heterocycles. The second-order valence-corrected chi connectivity index (χ2v) is 17.7. The van der Waals surface area contributed by atoms with Crippen LogP contribution in [-0.2, 0) is 9.59 Å². The first-order valence-electron chi connectivity index (χ1n) is 17.1. The number of hydrogen-bond acceptors (Lipinski definition) is 6. The van der Waals surface area contributed by atoms with Crippen molar-refractivity contribution in [1.29, 1.82) is 0 Å². The lowest BCUT2D eigenvalue weighted by Crippen LogP contribution is -2.27. The maximum absolute atomic E-state index is 13.2. The summed E-state index contributed by atoms with van der Waals surface area (Å²) in [4.78, 5) is 26.5. The highest BCUT2D eigenvalue weighted by Crippen LogP contribution is 2.41. The third kappa shape index (κ3) is 9.08. The van der Waals surface area contributed by atoms with Crippen LogP contribution in [0.3, 0.4) is 0 Å². The van der Waals surface area contributed by atoms with Crippen LogP contribution < -0.4 is 0 Å². The number of carbonyl (C=O) groups is 2. The topological polar surface area (TPSA) is 83.6 Å². The van der Waals surface area contributed by atoms with Crippen LogP contribution >= 0.6 is 11.6 Å². The molecular weight excluding hydrogens is 640 g/mol. The maximum atomic E-state index is 13.2. The van der Waals surface area contributed by atoms with Gasteiger partial charge in [0.05, 0.1) is 23.1 Å². The van der Waals surface area contributed by atoms with Gasteiger partial charge in [0.1, 0.15) is 5.69 Å². The Labute approximate surface area is 303 Å². The summed E-state index contributed by atoms with van der Waals surface area (Å²) in [6.07, 6.45) is 11.0. The van der Waals surface area contributed by atoms with Gasteiger partial charge in [-0.3, -0.25) is 9.59 Å². The standard InChI is InChI=1S/C43H51ClN4O2/c1-26-18-29(14-16-36(26)47-45-24-27-19-31(40(2,3)4)38(49)32(20-27)41(5,6)7)30-15-17-37(35(44)23-30)48-46-25-28-21-33(42(8,9)10)39(50)34(22-28)43(11,12)13/h14-25H,1-13H3. The SMILES string of the molecule is Cc1cc(-c2ccc(N=NC=C3C=C(C(C)(C)C)C(=O)C(C(C)(C)C)=C3)c(Cl)c2)ccc1N=NC=C1C=C(C(C)(C)C)C(=O)C(C(C)(C)C)=C1. The Balaban J connectivity index is 1.55. The van der Waals surface area contributed by atoms with E-state index < -0.39 is 0 Å². The van der Waals surface area contributed by atoms with E-state index in [1.54, 1.807) is 12.4 Å². The summed E-state index contributed by atoms with van der Waals surface area (Å²) in [6, 6.07) is 11.7. The van der Waals surface area contributed by atoms with Crippen molar-refractivity contribution in [2.24, 2.45) is 42.1 Å². The number of hydrogen-bond donors (Lipinski definition) is 0. The molecule has 0 saturated carbocycles. The van der Waals surface area contributed by atoms with E-state index in [0.717, 1.165) is 55.8 Å². The van der Waals surface area contributed by atoms with Crippen molar-refractivity contribution in [3.63, 3.8) is 0 Å². The first kappa shape index (κ1) is 38.5. The molecule has 2 aliphatic rings. The van der Waals surface area contributed by atoms with Crippen molar-refractivity contribution in [1.82, 2.24) is 0 Å². The molecule has 2 aromatic rings. The summed E-state index contributed by atoms with van der Waals surface area (Å²) < 4.78 is 0. The molecule has 0 heterocycles. The Hall–Kier alpha value is -4.29. The fourth-order valence-corrected chi connectivity index (χ4v) is 5.93. The molecule has 0 atom stereocenters. The normalized spacial score (nSPS) is 16.5. The first-order chi connectivity index (χ1) is 23.0. The van der Waals surface area contributed by atoms with Crippen molar-refractivity contribution < 1.29 is 9.59 Å². The molecule has 0 unspecified atom stereocenters. The lowest BCUT2D eigenvalue weighted by molar-refractivity contribution is -0.114. The lowest BCUT2D eigenvalue weighted by Gasteiger charge is -2.31. The molecule has 0 N–H and O–H groups in total. The first-order valence-corrected chi connectivity index (χ1v) is 17.5. The minimum atomic E-state index is -0.298. The Morgan fingerprint density at radius 2 is 0.860 bits per heavy atom. The van der Waals surface area contributed by atoms with E-state index in [1.807, 2.05) is 103 Å². The number of nitrogens with zero attached hydrogens (tertiary/aromatic N) is 4. The zero-order chi connectivity index (χ0) is 37.4. The monoisotopic (exact) mass is 690 g/mol. The van der Waals surface area contributed by atoms with Gasteiger partial charge in [-0.05, 0) is 105 Å². The highest BCUT2D eigenvalue weighted by molar-refractivity contribution is 6.33. The minimum Gasteiger partial charge on any atom is -0.289 e. The molecular formula is C43H51ClN4O2. The molecule has 0 saturated heterocycles. The smallest absolute Gasteiger partial charge is 0.186 e. The molecule has 0 aliphatic heterocycles. The van der Waals surface area contributed by atoms with Gasteiger partial charge in [-0.1, -0.05) is 107 Å². The van der Waals surface area contributed by atoms with Gasteiger partial charge in [0.2, 0.25) is 0 Å². The third-order valence-electron chi connectivity index (χ3n) is 8.68. The molecule has 0 bridgehead atoms. The molecule has 2 aromatic carbocycles. The van der Waals surface area contributed by atoms with Crippen LogP contribution in [0.2, 0.25) is 5.02 Å². The average Bonchev–Trinajstić information content (AvgIpc) is 2.97. The van der Waals surface area contributed by atoms with Crippen LogP contribution in [0.4, 0.5) is 11.4 Å². The van der Waals surface area contributed by atoms with Crippen LogP contribution in [0.1, 0.15) is 88.6 Å². The number of benzene rings is 2. The predicted molar refractivity (Wildman–Crippen MR) is 207 cm³/mol. The molecule has 2 aliphatic carbocycles. The third-order valence-corrected chi connectivity index (χ3v) is 8.98. The number of azo groups is 2. The van der Waals surface area contributed by atoms with Crippen molar-refractivity contribution in [3.05, 3.63) is 117 Å². The van der Waals surface area contributed by atoms with Crippen LogP contribution in [-0.4, -0.2) is 11.6 Å². The minimum absolute atomic E-state index is 0.0823. The van der Waals surface area contributed by atoms with Crippen LogP contribution in [0, 0.1) is 28.6 Å². The van der Waals surface area contributed by atoms with E-state index in [9.17, 15) is 9.59 Å². The van der Waals surface area contributed by atoms with Crippen molar-refractivity contribution >= 4 is 34.5 Å². The molecule has 0 amide bonds. The number of ketones is 2.